The monoisotopic (exact) mass is 595 g/mol. The molecule has 0 radical (unpaired) electrons. The van der Waals surface area contributed by atoms with E-state index < -0.39 is 28.5 Å². The minimum absolute atomic E-state index is 0.0403. The smallest absolute Gasteiger partial charge is 0.243 e. The molecule has 4 rings (SSSR count). The van der Waals surface area contributed by atoms with Crippen LogP contribution in [0.15, 0.2) is 83.8 Å². The fourth-order valence-electron chi connectivity index (χ4n) is 5.22. The number of benzene rings is 3. The summed E-state index contributed by atoms with van der Waals surface area (Å²) in [5, 5.41) is 3.63. The highest BCUT2D eigenvalue weighted by molar-refractivity contribution is 7.89. The molecular weight excluding hydrogens is 558 g/mol. The van der Waals surface area contributed by atoms with Gasteiger partial charge in [0.15, 0.2) is 0 Å². The predicted octanol–water partition coefficient (Wildman–Crippen LogP) is 5.36. The van der Waals surface area contributed by atoms with Crippen LogP contribution in [0.3, 0.4) is 0 Å². The van der Waals surface area contributed by atoms with E-state index in [-0.39, 0.29) is 23.4 Å². The van der Waals surface area contributed by atoms with Crippen molar-refractivity contribution in [3.63, 3.8) is 0 Å². The van der Waals surface area contributed by atoms with E-state index in [9.17, 15) is 18.0 Å². The van der Waals surface area contributed by atoms with Crippen molar-refractivity contribution in [2.24, 2.45) is 0 Å². The number of rotatable bonds is 11. The van der Waals surface area contributed by atoms with E-state index in [1.54, 1.807) is 4.90 Å². The highest BCUT2D eigenvalue weighted by Crippen LogP contribution is 2.22. The number of likely N-dealkylation sites (N-methyl/N-ethyl adjacent to an activating group) is 1. The van der Waals surface area contributed by atoms with Gasteiger partial charge in [0.05, 0.1) is 11.4 Å². The summed E-state index contributed by atoms with van der Waals surface area (Å²) in [7, 11) is -2.59. The van der Waals surface area contributed by atoms with Crippen LogP contribution in [0.5, 0.6) is 0 Å². The van der Waals surface area contributed by atoms with Gasteiger partial charge >= 0.3 is 0 Å². The molecule has 3 aromatic carbocycles. The number of sulfonamides is 1. The zero-order valence-corrected chi connectivity index (χ0v) is 25.2. The first-order valence-corrected chi connectivity index (χ1v) is 15.9. The molecule has 0 bridgehead atoms. The molecule has 0 aromatic heterocycles. The van der Waals surface area contributed by atoms with Gasteiger partial charge < -0.3 is 10.2 Å². The summed E-state index contributed by atoms with van der Waals surface area (Å²) >= 11 is 5.95. The number of amides is 2. The third-order valence-electron chi connectivity index (χ3n) is 7.70. The Balaban J connectivity index is 1.66. The van der Waals surface area contributed by atoms with Crippen LogP contribution in [0.25, 0.3) is 0 Å². The van der Waals surface area contributed by atoms with Crippen LogP contribution >= 0.6 is 11.6 Å². The third kappa shape index (κ3) is 8.18. The summed E-state index contributed by atoms with van der Waals surface area (Å²) in [6, 6.07) is 22.4. The average molecular weight is 596 g/mol. The minimum Gasteiger partial charge on any atom is -0.352 e. The van der Waals surface area contributed by atoms with Crippen LogP contribution < -0.4 is 5.32 Å². The molecule has 0 unspecified atom stereocenters. The number of carbonyl (C=O) groups is 2. The number of aryl methyl sites for hydroxylation is 1. The second-order valence-corrected chi connectivity index (χ2v) is 13.2. The lowest BCUT2D eigenvalue weighted by Crippen LogP contribution is -2.54. The molecule has 7 nitrogen and oxygen atoms in total. The van der Waals surface area contributed by atoms with Crippen molar-refractivity contribution < 1.29 is 18.0 Å². The quantitative estimate of drug-likeness (QED) is 0.323. The lowest BCUT2D eigenvalue weighted by molar-refractivity contribution is -0.141. The Morgan fingerprint density at radius 2 is 1.56 bits per heavy atom. The summed E-state index contributed by atoms with van der Waals surface area (Å²) in [4.78, 5) is 29.6. The molecule has 41 heavy (non-hydrogen) atoms. The summed E-state index contributed by atoms with van der Waals surface area (Å²) < 4.78 is 27.6. The Morgan fingerprint density at radius 3 is 2.22 bits per heavy atom. The van der Waals surface area contributed by atoms with Crippen molar-refractivity contribution in [1.29, 1.82) is 0 Å². The Labute approximate surface area is 248 Å². The Morgan fingerprint density at radius 1 is 0.927 bits per heavy atom. The van der Waals surface area contributed by atoms with E-state index in [0.29, 0.717) is 11.4 Å². The van der Waals surface area contributed by atoms with Gasteiger partial charge in [-0.1, -0.05) is 85.5 Å². The number of hydrogen-bond donors (Lipinski definition) is 1. The van der Waals surface area contributed by atoms with E-state index in [1.807, 2.05) is 61.5 Å². The molecule has 0 saturated heterocycles. The molecule has 0 heterocycles. The molecule has 3 aromatic rings. The van der Waals surface area contributed by atoms with Gasteiger partial charge in [-0.3, -0.25) is 9.59 Å². The molecule has 1 fully saturated rings. The Kier molecular flexibility index (Phi) is 10.6. The van der Waals surface area contributed by atoms with Crippen molar-refractivity contribution in [1.82, 2.24) is 14.5 Å². The molecule has 0 spiro atoms. The first kappa shape index (κ1) is 30.8. The molecule has 1 N–H and O–H groups in total. The van der Waals surface area contributed by atoms with Crippen molar-refractivity contribution in [3.8, 4) is 0 Å². The van der Waals surface area contributed by atoms with Crippen molar-refractivity contribution in [3.05, 3.63) is 101 Å². The molecule has 1 atom stereocenters. The maximum absolute atomic E-state index is 14.0. The standard InChI is InChI=1S/C32H38ClN3O4S/c1-24-11-9-10-14-26(24)22-36(31(37)23-35(2)41(39,40)29-19-17-27(33)18-20-29)30(21-25-12-5-3-6-13-25)32(38)34-28-15-7-4-8-16-28/h3,5-6,9-14,17-20,28,30H,4,7-8,15-16,21-23H2,1-2H3,(H,34,38)/t30-/m1/s1. The number of hydrogen-bond acceptors (Lipinski definition) is 4. The van der Waals surface area contributed by atoms with Gasteiger partial charge in [-0.25, -0.2) is 8.42 Å². The van der Waals surface area contributed by atoms with E-state index >= 15 is 0 Å². The highest BCUT2D eigenvalue weighted by atomic mass is 35.5. The van der Waals surface area contributed by atoms with Crippen LogP contribution in [0.2, 0.25) is 5.02 Å². The van der Waals surface area contributed by atoms with Gasteiger partial charge in [0.1, 0.15) is 6.04 Å². The normalized spacial score (nSPS) is 14.9. The first-order valence-electron chi connectivity index (χ1n) is 14.1. The van der Waals surface area contributed by atoms with Gasteiger partial charge in [-0.05, 0) is 60.7 Å². The molecule has 1 aliphatic rings. The number of nitrogens with one attached hydrogen (secondary N) is 1. The van der Waals surface area contributed by atoms with E-state index in [2.05, 4.69) is 5.32 Å². The number of halogens is 1. The summed E-state index contributed by atoms with van der Waals surface area (Å²) in [6.07, 6.45) is 5.42. The van der Waals surface area contributed by atoms with Crippen molar-refractivity contribution in [2.45, 2.75) is 69.0 Å². The van der Waals surface area contributed by atoms with Crippen molar-refractivity contribution in [2.75, 3.05) is 13.6 Å². The predicted molar refractivity (Wildman–Crippen MR) is 162 cm³/mol. The third-order valence-corrected chi connectivity index (χ3v) is 9.77. The molecule has 0 aliphatic heterocycles. The number of nitrogens with zero attached hydrogens (tertiary/aromatic N) is 2. The maximum Gasteiger partial charge on any atom is 0.243 e. The molecular formula is C32H38ClN3O4S. The van der Waals surface area contributed by atoms with Gasteiger partial charge in [0.25, 0.3) is 0 Å². The average Bonchev–Trinajstić information content (AvgIpc) is 2.97. The van der Waals surface area contributed by atoms with E-state index in [1.165, 1.54) is 31.3 Å². The molecule has 2 amide bonds. The first-order chi connectivity index (χ1) is 19.6. The fourth-order valence-corrected chi connectivity index (χ4v) is 6.47. The fraction of sp³-hybridized carbons (Fsp3) is 0.375. The van der Waals surface area contributed by atoms with E-state index in [4.69, 9.17) is 11.6 Å². The van der Waals surface area contributed by atoms with Crippen LogP contribution in [0.4, 0.5) is 0 Å². The van der Waals surface area contributed by atoms with Gasteiger partial charge in [-0.2, -0.15) is 4.31 Å². The minimum atomic E-state index is -3.97. The van der Waals surface area contributed by atoms with Crippen LogP contribution in [0.1, 0.15) is 48.8 Å². The summed E-state index contributed by atoms with van der Waals surface area (Å²) in [6.45, 7) is 1.72. The zero-order valence-electron chi connectivity index (χ0n) is 23.6. The topological polar surface area (TPSA) is 86.8 Å². The van der Waals surface area contributed by atoms with Crippen molar-refractivity contribution >= 4 is 33.4 Å². The van der Waals surface area contributed by atoms with Gasteiger partial charge in [0, 0.05) is 31.1 Å². The molecule has 218 valence electrons. The second kappa shape index (κ2) is 14.1. The second-order valence-electron chi connectivity index (χ2n) is 10.7. The van der Waals surface area contributed by atoms with Crippen LogP contribution in [0, 0.1) is 6.92 Å². The Hall–Kier alpha value is -3.20. The van der Waals surface area contributed by atoms with E-state index in [0.717, 1.165) is 53.1 Å². The Bertz CT molecular complexity index is 1420. The molecule has 9 heteroatoms. The van der Waals surface area contributed by atoms with Gasteiger partial charge in [-0.15, -0.1) is 0 Å². The number of carbonyl (C=O) groups excluding carboxylic acids is 2. The van der Waals surface area contributed by atoms with Crippen LogP contribution in [-0.2, 0) is 32.6 Å². The maximum atomic E-state index is 14.0. The molecule has 1 saturated carbocycles. The zero-order chi connectivity index (χ0) is 29.4. The highest BCUT2D eigenvalue weighted by Gasteiger charge is 2.34. The lowest BCUT2D eigenvalue weighted by atomic mass is 9.94. The van der Waals surface area contributed by atoms with Crippen LogP contribution in [-0.4, -0.2) is 55.1 Å². The van der Waals surface area contributed by atoms with Gasteiger partial charge in [0.2, 0.25) is 21.8 Å². The summed E-state index contributed by atoms with van der Waals surface area (Å²) in [5.41, 5.74) is 2.80. The largest absolute Gasteiger partial charge is 0.352 e. The lowest BCUT2D eigenvalue weighted by Gasteiger charge is -2.34. The summed E-state index contributed by atoms with van der Waals surface area (Å²) in [5.74, 6) is -0.668. The molecule has 1 aliphatic carbocycles. The SMILES string of the molecule is Cc1ccccc1CN(C(=O)CN(C)S(=O)(=O)c1ccc(Cl)cc1)[C@H](Cc1ccccc1)C(=O)NC1CCCCC1.